The lowest BCUT2D eigenvalue weighted by Gasteiger charge is -1.96. The number of hydrogen-bond donors (Lipinski definition) is 4. The van der Waals surface area contributed by atoms with Gasteiger partial charge >= 0.3 is 5.97 Å². The quantitative estimate of drug-likeness (QED) is 0.553. The van der Waals surface area contributed by atoms with Crippen LogP contribution in [-0.4, -0.2) is 49.0 Å². The van der Waals surface area contributed by atoms with Crippen LogP contribution in [0.4, 0.5) is 0 Å². The Morgan fingerprint density at radius 1 is 1.28 bits per heavy atom. The molecule has 2 heterocycles. The number of H-pyrrole nitrogens is 1. The van der Waals surface area contributed by atoms with Gasteiger partial charge in [-0.15, -0.1) is 0 Å². The summed E-state index contributed by atoms with van der Waals surface area (Å²) in [5.74, 6) is -1.18. The van der Waals surface area contributed by atoms with Crippen molar-refractivity contribution >= 4 is 5.97 Å². The second kappa shape index (κ2) is 11.2. The molecule has 18 heavy (non-hydrogen) atoms. The molecule has 2 aromatic heterocycles. The van der Waals surface area contributed by atoms with Gasteiger partial charge in [0.15, 0.2) is 0 Å². The zero-order valence-corrected chi connectivity index (χ0v) is 9.55. The first-order chi connectivity index (χ1) is 8.68. The van der Waals surface area contributed by atoms with Gasteiger partial charge in [-0.2, -0.15) is 5.10 Å². The van der Waals surface area contributed by atoms with Crippen LogP contribution in [0.15, 0.2) is 43.2 Å². The summed E-state index contributed by atoms with van der Waals surface area (Å²) >= 11 is 0. The largest absolute Gasteiger partial charge is 0.480 e. The fourth-order valence-electron chi connectivity index (χ4n) is 0.547. The maximum Gasteiger partial charge on any atom is 0.322 e. The molecule has 0 bridgehead atoms. The van der Waals surface area contributed by atoms with Gasteiger partial charge in [0.25, 0.3) is 0 Å². The van der Waals surface area contributed by atoms with Gasteiger partial charge in [0.2, 0.25) is 0 Å². The number of nitrogens with one attached hydrogen (secondary N) is 1. The summed E-state index contributed by atoms with van der Waals surface area (Å²) in [6, 6.07) is 2.49. The Morgan fingerprint density at radius 3 is 2.06 bits per heavy atom. The van der Waals surface area contributed by atoms with E-state index in [1.165, 1.54) is 6.33 Å². The predicted molar refractivity (Wildman–Crippen MR) is 63.3 cm³/mol. The minimum absolute atomic E-state index is 0.505. The van der Waals surface area contributed by atoms with E-state index in [1.54, 1.807) is 30.9 Å². The molecule has 0 amide bonds. The van der Waals surface area contributed by atoms with Crippen LogP contribution in [0.25, 0.3) is 0 Å². The molecule has 8 nitrogen and oxygen atoms in total. The smallest absolute Gasteiger partial charge is 0.322 e. The SMILES string of the molecule is N[C@@H](CO)C(=O)O.c1cn[nH]c1.c1cncnc1. The highest BCUT2D eigenvalue weighted by Crippen LogP contribution is 1.71. The number of rotatable bonds is 2. The van der Waals surface area contributed by atoms with Crippen molar-refractivity contribution in [2.75, 3.05) is 6.61 Å². The van der Waals surface area contributed by atoms with E-state index in [1.807, 2.05) is 6.07 Å². The highest BCUT2D eigenvalue weighted by molar-refractivity contribution is 5.73. The molecule has 98 valence electrons. The molecule has 2 aromatic rings. The molecule has 0 unspecified atom stereocenters. The Morgan fingerprint density at radius 2 is 1.94 bits per heavy atom. The third-order valence-electron chi connectivity index (χ3n) is 1.40. The van der Waals surface area contributed by atoms with Crippen molar-refractivity contribution in [3.8, 4) is 0 Å². The van der Waals surface area contributed by atoms with Gasteiger partial charge in [-0.1, -0.05) is 0 Å². The molecule has 0 radical (unpaired) electrons. The number of aliphatic hydroxyl groups is 1. The van der Waals surface area contributed by atoms with Gasteiger partial charge in [0, 0.05) is 24.8 Å². The van der Waals surface area contributed by atoms with E-state index >= 15 is 0 Å². The lowest BCUT2D eigenvalue weighted by molar-refractivity contribution is -0.139. The first-order valence-corrected chi connectivity index (χ1v) is 4.91. The highest BCUT2D eigenvalue weighted by atomic mass is 16.4. The first kappa shape index (κ1) is 15.7. The van der Waals surface area contributed by atoms with Crippen molar-refractivity contribution in [3.05, 3.63) is 43.2 Å². The normalized spacial score (nSPS) is 10.1. The minimum atomic E-state index is -1.18. The maximum atomic E-state index is 9.65. The summed E-state index contributed by atoms with van der Waals surface area (Å²) in [7, 11) is 0. The van der Waals surface area contributed by atoms with E-state index in [0.29, 0.717) is 0 Å². The van der Waals surface area contributed by atoms with Crippen LogP contribution >= 0.6 is 0 Å². The Bertz CT molecular complexity index is 338. The van der Waals surface area contributed by atoms with Crippen molar-refractivity contribution in [3.63, 3.8) is 0 Å². The number of carboxylic acids is 1. The number of nitrogens with two attached hydrogens (primary N) is 1. The lowest BCUT2D eigenvalue weighted by Crippen LogP contribution is -2.33. The van der Waals surface area contributed by atoms with Crippen LogP contribution in [0.1, 0.15) is 0 Å². The summed E-state index contributed by atoms with van der Waals surface area (Å²) in [6.45, 7) is -0.505. The molecule has 0 saturated carbocycles. The average Bonchev–Trinajstić information content (AvgIpc) is 2.99. The number of carbonyl (C=O) groups is 1. The van der Waals surface area contributed by atoms with E-state index in [0.717, 1.165) is 0 Å². The van der Waals surface area contributed by atoms with Crippen LogP contribution in [0.2, 0.25) is 0 Å². The molecule has 0 aromatic carbocycles. The Labute approximate surface area is 104 Å². The van der Waals surface area contributed by atoms with Gasteiger partial charge in [0.1, 0.15) is 12.4 Å². The fraction of sp³-hybridized carbons (Fsp3) is 0.200. The minimum Gasteiger partial charge on any atom is -0.480 e. The maximum absolute atomic E-state index is 9.65. The summed E-state index contributed by atoms with van der Waals surface area (Å²) < 4.78 is 0. The Balaban J connectivity index is 0.000000243. The Hall–Kier alpha value is -2.32. The van der Waals surface area contributed by atoms with Crippen LogP contribution in [0, 0.1) is 0 Å². The predicted octanol–water partition coefficient (Wildman–Crippen LogP) is -0.723. The first-order valence-electron chi connectivity index (χ1n) is 4.91. The molecule has 0 aliphatic rings. The fourth-order valence-corrected chi connectivity index (χ4v) is 0.547. The molecule has 0 spiro atoms. The van der Waals surface area contributed by atoms with Crippen LogP contribution in [-0.2, 0) is 4.79 Å². The Kier molecular flexibility index (Phi) is 9.73. The number of aliphatic carboxylic acids is 1. The van der Waals surface area contributed by atoms with E-state index in [4.69, 9.17) is 15.9 Å². The lowest BCUT2D eigenvalue weighted by atomic mass is 10.3. The average molecular weight is 253 g/mol. The molecule has 0 saturated heterocycles. The standard InChI is InChI=1S/C4H4N2.C3H4N2.C3H7NO3/c1-2-5-4-6-3-1;1-2-4-5-3-1;4-2(1-5)3(6)7/h1-4H;1-3H,(H,4,5);2,5H,1,4H2,(H,6,7)/t;;2-/m..0/s1. The van der Waals surface area contributed by atoms with Gasteiger partial charge in [0.05, 0.1) is 6.61 Å². The van der Waals surface area contributed by atoms with E-state index in [9.17, 15) is 4.79 Å². The van der Waals surface area contributed by atoms with E-state index in [-0.39, 0.29) is 0 Å². The highest BCUT2D eigenvalue weighted by Gasteiger charge is 2.06. The van der Waals surface area contributed by atoms with Crippen molar-refractivity contribution in [1.29, 1.82) is 0 Å². The van der Waals surface area contributed by atoms with E-state index in [2.05, 4.69) is 20.2 Å². The van der Waals surface area contributed by atoms with Gasteiger partial charge < -0.3 is 15.9 Å². The van der Waals surface area contributed by atoms with Crippen molar-refractivity contribution in [1.82, 2.24) is 20.2 Å². The molecule has 2 rings (SSSR count). The number of nitrogens with zero attached hydrogens (tertiary/aromatic N) is 3. The number of aromatic nitrogens is 4. The van der Waals surface area contributed by atoms with Crippen LogP contribution < -0.4 is 5.73 Å². The molecule has 1 atom stereocenters. The number of aromatic amines is 1. The third-order valence-corrected chi connectivity index (χ3v) is 1.40. The van der Waals surface area contributed by atoms with Crippen molar-refractivity contribution < 1.29 is 15.0 Å². The summed E-state index contributed by atoms with van der Waals surface area (Å²) in [5, 5.41) is 22.1. The molecule has 0 fully saturated rings. The van der Waals surface area contributed by atoms with E-state index < -0.39 is 18.6 Å². The topological polar surface area (TPSA) is 138 Å². The summed E-state index contributed by atoms with van der Waals surface area (Å²) in [4.78, 5) is 17.0. The second-order valence-electron chi connectivity index (χ2n) is 2.80. The molecular weight excluding hydrogens is 238 g/mol. The monoisotopic (exact) mass is 253 g/mol. The molecule has 0 aliphatic heterocycles. The zero-order valence-electron chi connectivity index (χ0n) is 9.55. The number of carboxylic acid groups (broad SMARTS) is 1. The molecule has 8 heteroatoms. The van der Waals surface area contributed by atoms with Crippen molar-refractivity contribution in [2.24, 2.45) is 5.73 Å². The zero-order chi connectivity index (χ0) is 13.6. The van der Waals surface area contributed by atoms with Gasteiger partial charge in [-0.05, 0) is 12.1 Å². The summed E-state index contributed by atoms with van der Waals surface area (Å²) in [6.07, 6.45) is 8.33. The molecule has 5 N–H and O–H groups in total. The van der Waals surface area contributed by atoms with Crippen molar-refractivity contribution in [2.45, 2.75) is 6.04 Å². The van der Waals surface area contributed by atoms with Gasteiger partial charge in [-0.3, -0.25) is 9.89 Å². The van der Waals surface area contributed by atoms with Gasteiger partial charge in [-0.25, -0.2) is 9.97 Å². The second-order valence-corrected chi connectivity index (χ2v) is 2.80. The van der Waals surface area contributed by atoms with Crippen LogP contribution in [0.3, 0.4) is 0 Å². The number of hydrogen-bond acceptors (Lipinski definition) is 6. The van der Waals surface area contributed by atoms with Crippen LogP contribution in [0.5, 0.6) is 0 Å². The number of aliphatic hydroxyl groups excluding tert-OH is 1. The third kappa shape index (κ3) is 10.2. The summed E-state index contributed by atoms with van der Waals surface area (Å²) in [5.41, 5.74) is 4.77. The molecular formula is C10H15N5O3. The molecule has 0 aliphatic carbocycles.